The second-order valence-corrected chi connectivity index (χ2v) is 7.14. The average molecular weight is 397 g/mol. The Morgan fingerprint density at radius 2 is 2.00 bits per heavy atom. The standard InChI is InChI=1S/C16H13F2N3O3S2/c1-7-14(26-12(20-7)5-19-16(23)24-2)11-6-25-15(21-11)8-3-9(17)13(22)10(18)4-8/h3-4,6,22H,5H2,1-2H3,(H,19,23). The molecular weight excluding hydrogens is 384 g/mol. The van der Waals surface area contributed by atoms with Crippen molar-refractivity contribution in [1.29, 1.82) is 0 Å². The maximum Gasteiger partial charge on any atom is 0.407 e. The molecule has 0 aliphatic rings. The highest BCUT2D eigenvalue weighted by atomic mass is 32.1. The number of hydrogen-bond acceptors (Lipinski definition) is 7. The second-order valence-electron chi connectivity index (χ2n) is 5.19. The normalized spacial score (nSPS) is 10.8. The number of thiazole rings is 2. The van der Waals surface area contributed by atoms with Gasteiger partial charge in [-0.25, -0.2) is 23.5 Å². The van der Waals surface area contributed by atoms with Crippen LogP contribution in [-0.4, -0.2) is 28.3 Å². The van der Waals surface area contributed by atoms with E-state index in [0.29, 0.717) is 15.7 Å². The summed E-state index contributed by atoms with van der Waals surface area (Å²) in [5.74, 6) is -3.09. The van der Waals surface area contributed by atoms with Crippen molar-refractivity contribution in [2.45, 2.75) is 13.5 Å². The number of ether oxygens (including phenoxy) is 1. The molecule has 2 heterocycles. The number of rotatable bonds is 4. The molecule has 136 valence electrons. The van der Waals surface area contributed by atoms with Gasteiger partial charge in [0.15, 0.2) is 17.4 Å². The highest BCUT2D eigenvalue weighted by Crippen LogP contribution is 2.35. The van der Waals surface area contributed by atoms with Gasteiger partial charge in [0.25, 0.3) is 0 Å². The summed E-state index contributed by atoms with van der Waals surface area (Å²) in [5.41, 5.74) is 1.60. The van der Waals surface area contributed by atoms with E-state index >= 15 is 0 Å². The zero-order valence-corrected chi connectivity index (χ0v) is 15.3. The van der Waals surface area contributed by atoms with Crippen molar-refractivity contribution in [3.05, 3.63) is 39.8 Å². The number of aromatic hydroxyl groups is 1. The molecule has 2 aromatic heterocycles. The first-order valence-corrected chi connectivity index (χ1v) is 9.01. The molecule has 0 spiro atoms. The van der Waals surface area contributed by atoms with Gasteiger partial charge in [-0.2, -0.15) is 0 Å². The van der Waals surface area contributed by atoms with Crippen molar-refractivity contribution in [1.82, 2.24) is 15.3 Å². The molecule has 1 amide bonds. The van der Waals surface area contributed by atoms with Crippen molar-refractivity contribution in [3.63, 3.8) is 0 Å². The van der Waals surface area contributed by atoms with Crippen LogP contribution in [0.15, 0.2) is 17.5 Å². The van der Waals surface area contributed by atoms with Crippen LogP contribution in [0, 0.1) is 18.6 Å². The van der Waals surface area contributed by atoms with Gasteiger partial charge in [-0.05, 0) is 19.1 Å². The summed E-state index contributed by atoms with van der Waals surface area (Å²) in [7, 11) is 1.28. The van der Waals surface area contributed by atoms with Crippen LogP contribution in [-0.2, 0) is 11.3 Å². The Hall–Kier alpha value is -2.59. The predicted octanol–water partition coefficient (Wildman–Crippen LogP) is 4.08. The highest BCUT2D eigenvalue weighted by Gasteiger charge is 2.17. The number of aryl methyl sites for hydroxylation is 1. The summed E-state index contributed by atoms with van der Waals surface area (Å²) in [6, 6.07) is 2.07. The third-order valence-electron chi connectivity index (χ3n) is 3.41. The van der Waals surface area contributed by atoms with Crippen molar-refractivity contribution in [3.8, 4) is 26.9 Å². The zero-order valence-electron chi connectivity index (χ0n) is 13.7. The molecule has 0 radical (unpaired) electrons. The van der Waals surface area contributed by atoms with Gasteiger partial charge >= 0.3 is 6.09 Å². The number of benzene rings is 1. The number of halogens is 2. The van der Waals surface area contributed by atoms with Crippen LogP contribution in [0.1, 0.15) is 10.7 Å². The van der Waals surface area contributed by atoms with E-state index < -0.39 is 23.5 Å². The number of nitrogens with one attached hydrogen (secondary N) is 1. The lowest BCUT2D eigenvalue weighted by Gasteiger charge is -2.00. The van der Waals surface area contributed by atoms with E-state index in [1.165, 1.54) is 29.8 Å². The van der Waals surface area contributed by atoms with Gasteiger partial charge in [0.2, 0.25) is 0 Å². The number of methoxy groups -OCH3 is 1. The molecule has 1 aromatic carbocycles. The molecule has 0 fully saturated rings. The van der Waals surface area contributed by atoms with Crippen LogP contribution in [0.3, 0.4) is 0 Å². The van der Waals surface area contributed by atoms with Gasteiger partial charge in [0.1, 0.15) is 10.0 Å². The number of carbonyl (C=O) groups is 1. The summed E-state index contributed by atoms with van der Waals surface area (Å²) in [6.45, 7) is 2.04. The molecule has 6 nitrogen and oxygen atoms in total. The summed E-state index contributed by atoms with van der Waals surface area (Å²) < 4.78 is 31.6. The van der Waals surface area contributed by atoms with E-state index in [0.717, 1.165) is 22.7 Å². The van der Waals surface area contributed by atoms with Gasteiger partial charge in [0, 0.05) is 10.9 Å². The smallest absolute Gasteiger partial charge is 0.407 e. The maximum atomic E-state index is 13.5. The molecule has 10 heteroatoms. The molecule has 0 unspecified atom stereocenters. The number of nitrogens with zero attached hydrogens (tertiary/aromatic N) is 2. The first-order valence-electron chi connectivity index (χ1n) is 7.31. The molecule has 0 atom stereocenters. The van der Waals surface area contributed by atoms with Gasteiger partial charge in [0.05, 0.1) is 29.9 Å². The highest BCUT2D eigenvalue weighted by molar-refractivity contribution is 7.16. The van der Waals surface area contributed by atoms with Crippen LogP contribution in [0.4, 0.5) is 13.6 Å². The fourth-order valence-corrected chi connectivity index (χ4v) is 4.02. The largest absolute Gasteiger partial charge is 0.503 e. The number of alkyl carbamates (subject to hydrolysis) is 1. The molecule has 0 aliphatic heterocycles. The van der Waals surface area contributed by atoms with E-state index in [2.05, 4.69) is 20.0 Å². The molecule has 3 rings (SSSR count). The van der Waals surface area contributed by atoms with Crippen LogP contribution in [0.5, 0.6) is 5.75 Å². The number of aromatic nitrogens is 2. The fourth-order valence-electron chi connectivity index (χ4n) is 2.19. The zero-order chi connectivity index (χ0) is 18.8. The second kappa shape index (κ2) is 7.34. The third kappa shape index (κ3) is 3.65. The van der Waals surface area contributed by atoms with Crippen molar-refractivity contribution >= 4 is 28.8 Å². The topological polar surface area (TPSA) is 84.3 Å². The molecule has 0 saturated carbocycles. The Bertz CT molecular complexity index is 949. The van der Waals surface area contributed by atoms with Crippen molar-refractivity contribution < 1.29 is 23.4 Å². The van der Waals surface area contributed by atoms with E-state index in [1.807, 2.05) is 6.92 Å². The Kier molecular flexibility index (Phi) is 5.14. The van der Waals surface area contributed by atoms with Crippen molar-refractivity contribution in [2.75, 3.05) is 7.11 Å². The first-order chi connectivity index (χ1) is 12.4. The minimum absolute atomic E-state index is 0.226. The van der Waals surface area contributed by atoms with Crippen LogP contribution >= 0.6 is 22.7 Å². The predicted molar refractivity (Wildman–Crippen MR) is 94.2 cm³/mol. The summed E-state index contributed by atoms with van der Waals surface area (Å²) in [5, 5.41) is 14.6. The number of amides is 1. The van der Waals surface area contributed by atoms with Gasteiger partial charge < -0.3 is 15.2 Å². The lowest BCUT2D eigenvalue weighted by atomic mass is 10.2. The Morgan fingerprint density at radius 1 is 1.31 bits per heavy atom. The first kappa shape index (κ1) is 18.2. The van der Waals surface area contributed by atoms with E-state index in [1.54, 1.807) is 5.38 Å². The fraction of sp³-hybridized carbons (Fsp3) is 0.188. The molecule has 0 bridgehead atoms. The quantitative estimate of drug-likeness (QED) is 0.693. The van der Waals surface area contributed by atoms with Gasteiger partial charge in [-0.15, -0.1) is 22.7 Å². The SMILES string of the molecule is COC(=O)NCc1nc(C)c(-c2csc(-c3cc(F)c(O)c(F)c3)n2)s1. The number of carbonyl (C=O) groups excluding carboxylic acids is 1. The lowest BCUT2D eigenvalue weighted by molar-refractivity contribution is 0.170. The monoisotopic (exact) mass is 397 g/mol. The molecule has 0 saturated heterocycles. The number of hydrogen-bond donors (Lipinski definition) is 2. The van der Waals surface area contributed by atoms with Crippen LogP contribution in [0.25, 0.3) is 21.1 Å². The lowest BCUT2D eigenvalue weighted by Crippen LogP contribution is -2.22. The van der Waals surface area contributed by atoms with Crippen LogP contribution < -0.4 is 5.32 Å². The molecule has 3 aromatic rings. The Morgan fingerprint density at radius 3 is 2.65 bits per heavy atom. The average Bonchev–Trinajstić information content (AvgIpc) is 3.23. The summed E-state index contributed by atoms with van der Waals surface area (Å²) in [6.07, 6.45) is -0.549. The third-order valence-corrected chi connectivity index (χ3v) is 5.48. The summed E-state index contributed by atoms with van der Waals surface area (Å²) >= 11 is 2.58. The Labute approximate surface area is 155 Å². The molecular formula is C16H13F2N3O3S2. The van der Waals surface area contributed by atoms with Gasteiger partial charge in [-0.1, -0.05) is 0 Å². The van der Waals surface area contributed by atoms with Crippen molar-refractivity contribution in [2.24, 2.45) is 0 Å². The molecule has 0 aliphatic carbocycles. The molecule has 2 N–H and O–H groups in total. The molecule has 26 heavy (non-hydrogen) atoms. The number of phenolic OH excluding ortho intramolecular Hbond substituents is 1. The minimum Gasteiger partial charge on any atom is -0.503 e. The van der Waals surface area contributed by atoms with E-state index in [-0.39, 0.29) is 12.1 Å². The van der Waals surface area contributed by atoms with E-state index in [9.17, 15) is 18.7 Å². The van der Waals surface area contributed by atoms with Crippen LogP contribution in [0.2, 0.25) is 0 Å². The van der Waals surface area contributed by atoms with E-state index in [4.69, 9.17) is 0 Å². The minimum atomic E-state index is -1.04. The summed E-state index contributed by atoms with van der Waals surface area (Å²) in [4.78, 5) is 20.7. The Balaban J connectivity index is 1.86. The maximum absolute atomic E-state index is 13.5. The number of phenols is 1. The van der Waals surface area contributed by atoms with Gasteiger partial charge in [-0.3, -0.25) is 0 Å².